The van der Waals surface area contributed by atoms with Crippen LogP contribution in [0, 0.1) is 13.8 Å². The van der Waals surface area contributed by atoms with Crippen LogP contribution in [0.3, 0.4) is 0 Å². The summed E-state index contributed by atoms with van der Waals surface area (Å²) in [5.74, 6) is -0.268. The van der Waals surface area contributed by atoms with Crippen LogP contribution >= 0.6 is 0 Å². The minimum absolute atomic E-state index is 0.0851. The van der Waals surface area contributed by atoms with Gasteiger partial charge in [-0.3, -0.25) is 9.79 Å². The van der Waals surface area contributed by atoms with Gasteiger partial charge in [0.15, 0.2) is 0 Å². The third kappa shape index (κ3) is 6.42. The Bertz CT molecular complexity index is 1610. The number of nitrogens with one attached hydrogen (secondary N) is 2. The number of anilines is 1. The molecule has 4 rings (SSSR count). The van der Waals surface area contributed by atoms with Crippen LogP contribution in [-0.2, 0) is 9.47 Å². The summed E-state index contributed by atoms with van der Waals surface area (Å²) in [4.78, 5) is 30.7. The average Bonchev–Trinajstić information content (AvgIpc) is 2.96. The fourth-order valence-electron chi connectivity index (χ4n) is 4.89. The highest BCUT2D eigenvalue weighted by Gasteiger charge is 2.24. The molecular formula is C32H37N3O6. The zero-order valence-corrected chi connectivity index (χ0v) is 24.2. The summed E-state index contributed by atoms with van der Waals surface area (Å²) in [7, 11) is 1.32. The van der Waals surface area contributed by atoms with E-state index in [9.17, 15) is 9.59 Å². The summed E-state index contributed by atoms with van der Waals surface area (Å²) in [5.41, 5.74) is 6.46. The molecule has 3 N–H and O–H groups in total. The van der Waals surface area contributed by atoms with Gasteiger partial charge in [-0.05, 0) is 68.7 Å². The molecule has 9 heteroatoms. The number of benzene rings is 3. The number of aryl methyl sites for hydroxylation is 2. The topological polar surface area (TPSA) is 122 Å². The lowest BCUT2D eigenvalue weighted by Crippen LogP contribution is -2.27. The molecule has 1 amide bonds. The van der Waals surface area contributed by atoms with E-state index in [-0.39, 0.29) is 37.8 Å². The zero-order chi connectivity index (χ0) is 29.5. The molecule has 0 saturated carbocycles. The van der Waals surface area contributed by atoms with E-state index in [0.717, 1.165) is 45.2 Å². The molecule has 0 unspecified atom stereocenters. The van der Waals surface area contributed by atoms with Crippen molar-refractivity contribution >= 4 is 28.5 Å². The molecule has 41 heavy (non-hydrogen) atoms. The fraction of sp³-hybridized carbons (Fsp3) is 0.344. The van der Waals surface area contributed by atoms with E-state index >= 15 is 0 Å². The fourth-order valence-corrected chi connectivity index (χ4v) is 4.89. The standard InChI is InChI=1S/C32H37N3O6/c1-6-33-26-17-28-24(14-19(26)3)30(25-15-20(4)27(34-7-2)18-29(25)41-28)22-9-8-21(16-23(22)32(38)39-5)31(37)35-10-12-40-13-11-36/h8-9,14-18,33,36H,6-7,10-13H2,1-5H3,(H,35,37). The van der Waals surface area contributed by atoms with Gasteiger partial charge in [0.2, 0.25) is 0 Å². The van der Waals surface area contributed by atoms with Gasteiger partial charge in [0.05, 0.1) is 37.9 Å². The summed E-state index contributed by atoms with van der Waals surface area (Å²) >= 11 is 0. The predicted octanol–water partition coefficient (Wildman–Crippen LogP) is 4.70. The molecule has 0 atom stereocenters. The molecular weight excluding hydrogens is 522 g/mol. The third-order valence-corrected chi connectivity index (χ3v) is 6.80. The number of rotatable bonds is 11. The normalized spacial score (nSPS) is 11.7. The van der Waals surface area contributed by atoms with Gasteiger partial charge in [0.25, 0.3) is 5.91 Å². The van der Waals surface area contributed by atoms with Crippen LogP contribution in [0.15, 0.2) is 51.9 Å². The van der Waals surface area contributed by atoms with Crippen molar-refractivity contribution in [3.8, 4) is 22.5 Å². The Hall–Kier alpha value is -4.21. The highest BCUT2D eigenvalue weighted by Crippen LogP contribution is 2.43. The van der Waals surface area contributed by atoms with Crippen molar-refractivity contribution < 1.29 is 28.6 Å². The van der Waals surface area contributed by atoms with Crippen LogP contribution in [0.1, 0.15) is 45.7 Å². The first-order valence-corrected chi connectivity index (χ1v) is 13.8. The number of nitrogens with zero attached hydrogens (tertiary/aromatic N) is 1. The largest absolute Gasteiger partial charge is 0.465 e. The number of amides is 1. The molecule has 0 spiro atoms. The Morgan fingerprint density at radius 3 is 2.51 bits per heavy atom. The summed E-state index contributed by atoms with van der Waals surface area (Å²) < 4.78 is 16.8. The smallest absolute Gasteiger partial charge is 0.338 e. The van der Waals surface area contributed by atoms with Crippen molar-refractivity contribution in [1.29, 1.82) is 0 Å². The van der Waals surface area contributed by atoms with Crippen LogP contribution in [0.5, 0.6) is 0 Å². The van der Waals surface area contributed by atoms with E-state index in [1.54, 1.807) is 18.2 Å². The quantitative estimate of drug-likeness (QED) is 0.138. The van der Waals surface area contributed by atoms with Crippen LogP contribution in [0.25, 0.3) is 33.4 Å². The number of aliphatic hydroxyl groups excluding tert-OH is 1. The molecule has 9 nitrogen and oxygen atoms in total. The van der Waals surface area contributed by atoms with Gasteiger partial charge in [-0.15, -0.1) is 0 Å². The Morgan fingerprint density at radius 2 is 1.80 bits per heavy atom. The third-order valence-electron chi connectivity index (χ3n) is 6.80. The van der Waals surface area contributed by atoms with Crippen LogP contribution in [-0.4, -0.2) is 63.5 Å². The molecule has 2 aromatic rings. The first-order chi connectivity index (χ1) is 19.8. The molecule has 1 aliphatic heterocycles. The minimum atomic E-state index is -0.557. The Labute approximate surface area is 239 Å². The van der Waals surface area contributed by atoms with Crippen molar-refractivity contribution in [2.75, 3.05) is 51.9 Å². The predicted molar refractivity (Wildman–Crippen MR) is 160 cm³/mol. The monoisotopic (exact) mass is 559 g/mol. The van der Waals surface area contributed by atoms with E-state index in [4.69, 9.17) is 19.0 Å². The molecule has 0 aromatic heterocycles. The van der Waals surface area contributed by atoms with Gasteiger partial charge in [-0.2, -0.15) is 0 Å². The van der Waals surface area contributed by atoms with Gasteiger partial charge < -0.3 is 29.6 Å². The number of esters is 1. The van der Waals surface area contributed by atoms with Gasteiger partial charge in [0, 0.05) is 59.5 Å². The van der Waals surface area contributed by atoms with Crippen LogP contribution < -0.4 is 16.0 Å². The number of carbonyl (C=O) groups excluding carboxylic acids is 2. The molecule has 216 valence electrons. The highest BCUT2D eigenvalue weighted by atomic mass is 16.5. The molecule has 0 bridgehead atoms. The van der Waals surface area contributed by atoms with Crippen LogP contribution in [0.4, 0.5) is 5.69 Å². The second kappa shape index (κ2) is 13.4. The first kappa shape index (κ1) is 29.8. The number of carbonyl (C=O) groups is 2. The van der Waals surface area contributed by atoms with E-state index < -0.39 is 5.97 Å². The number of methoxy groups -OCH3 is 1. The average molecular weight is 560 g/mol. The maximum atomic E-state index is 13.2. The summed E-state index contributed by atoms with van der Waals surface area (Å²) in [6.07, 6.45) is 0. The van der Waals surface area contributed by atoms with Crippen molar-refractivity contribution in [3.05, 3.63) is 70.1 Å². The lowest BCUT2D eigenvalue weighted by Gasteiger charge is -2.20. The maximum absolute atomic E-state index is 13.2. The van der Waals surface area contributed by atoms with E-state index in [0.29, 0.717) is 29.0 Å². The first-order valence-electron chi connectivity index (χ1n) is 13.8. The molecule has 2 aliphatic rings. The number of hydrogen-bond donors (Lipinski definition) is 3. The molecule has 1 heterocycles. The van der Waals surface area contributed by atoms with Gasteiger partial charge in [0.1, 0.15) is 11.3 Å². The molecule has 2 aromatic carbocycles. The molecule has 1 aliphatic carbocycles. The van der Waals surface area contributed by atoms with E-state index in [2.05, 4.69) is 21.7 Å². The Kier molecular flexibility index (Phi) is 9.75. The van der Waals surface area contributed by atoms with Gasteiger partial charge in [-0.25, -0.2) is 4.79 Å². The van der Waals surface area contributed by atoms with Crippen molar-refractivity contribution in [3.63, 3.8) is 0 Å². The Morgan fingerprint density at radius 1 is 1.00 bits per heavy atom. The molecule has 0 saturated heterocycles. The van der Waals surface area contributed by atoms with Crippen molar-refractivity contribution in [1.82, 2.24) is 5.32 Å². The number of aliphatic hydroxyl groups is 1. The second-order valence-electron chi connectivity index (χ2n) is 9.62. The van der Waals surface area contributed by atoms with Gasteiger partial charge >= 0.3 is 5.97 Å². The number of hydrogen-bond acceptors (Lipinski definition) is 8. The zero-order valence-electron chi connectivity index (χ0n) is 24.2. The summed E-state index contributed by atoms with van der Waals surface area (Å²) in [6, 6.07) is 13.0. The van der Waals surface area contributed by atoms with E-state index in [1.165, 1.54) is 7.11 Å². The second-order valence-corrected chi connectivity index (χ2v) is 9.62. The van der Waals surface area contributed by atoms with Crippen molar-refractivity contribution in [2.45, 2.75) is 27.7 Å². The Balaban J connectivity index is 1.95. The number of fused-ring (bicyclic) bond motifs is 2. The minimum Gasteiger partial charge on any atom is -0.465 e. The lowest BCUT2D eigenvalue weighted by atomic mass is 9.88. The maximum Gasteiger partial charge on any atom is 0.338 e. The van der Waals surface area contributed by atoms with Crippen LogP contribution in [0.2, 0.25) is 0 Å². The molecule has 0 fully saturated rings. The molecule has 0 radical (unpaired) electrons. The summed E-state index contributed by atoms with van der Waals surface area (Å²) in [5, 5.41) is 16.7. The highest BCUT2D eigenvalue weighted by molar-refractivity contribution is 6.10. The lowest BCUT2D eigenvalue weighted by molar-refractivity contribution is 0.0601. The summed E-state index contributed by atoms with van der Waals surface area (Å²) in [6.45, 7) is 10.1. The number of ether oxygens (including phenoxy) is 2. The van der Waals surface area contributed by atoms with E-state index in [1.807, 2.05) is 45.9 Å². The SMILES string of the molecule is CCN=c1cc2oc3cc(NCC)c(C)cc3c(-c3ccc(C(=O)NCCOCCO)cc3C(=O)OC)c-2cc1C. The van der Waals surface area contributed by atoms with Gasteiger partial charge in [-0.1, -0.05) is 6.07 Å². The van der Waals surface area contributed by atoms with Crippen molar-refractivity contribution in [2.24, 2.45) is 4.99 Å².